The molecule has 6 nitrogen and oxygen atoms in total. The molecule has 2 aromatic carbocycles. The number of nitrogens with two attached hydrogens (primary N) is 1. The average Bonchev–Trinajstić information content (AvgIpc) is 3.02. The van der Waals surface area contributed by atoms with Gasteiger partial charge in [0.15, 0.2) is 0 Å². The molecule has 154 valence electrons. The molecule has 2 aromatic rings. The van der Waals surface area contributed by atoms with E-state index in [-0.39, 0.29) is 5.84 Å². The summed E-state index contributed by atoms with van der Waals surface area (Å²) in [7, 11) is 1.63. The number of ether oxygens (including phenoxy) is 1. The van der Waals surface area contributed by atoms with E-state index in [1.807, 2.05) is 42.5 Å². The molecule has 0 saturated carbocycles. The number of carboxylic acids is 1. The van der Waals surface area contributed by atoms with Crippen LogP contribution in [0, 0.1) is 11.3 Å². The van der Waals surface area contributed by atoms with Crippen LogP contribution < -0.4 is 10.5 Å². The van der Waals surface area contributed by atoms with Crippen LogP contribution in [0.1, 0.15) is 42.7 Å². The number of aliphatic carboxylic acids is 1. The summed E-state index contributed by atoms with van der Waals surface area (Å²) in [4.78, 5) is 11.9. The van der Waals surface area contributed by atoms with Gasteiger partial charge in [0.1, 0.15) is 5.75 Å². The summed E-state index contributed by atoms with van der Waals surface area (Å²) in [6.07, 6.45) is 2.02. The van der Waals surface area contributed by atoms with Gasteiger partial charge in [-0.15, -0.1) is 0 Å². The third kappa shape index (κ3) is 4.77. The number of nitrogens with one attached hydrogen (secondary N) is 1. The number of unbranched alkanes of at least 4 members (excludes halogenated alkanes) is 1. The number of fused-ring (bicyclic) bond motifs is 1. The first-order chi connectivity index (χ1) is 13.9. The third-order valence-corrected chi connectivity index (χ3v) is 5.71. The molecule has 0 aromatic heterocycles. The van der Waals surface area contributed by atoms with Crippen LogP contribution in [0.15, 0.2) is 42.5 Å². The topological polar surface area (TPSA) is 117 Å². The molecule has 3 rings (SSSR count). The van der Waals surface area contributed by atoms with E-state index < -0.39 is 23.9 Å². The lowest BCUT2D eigenvalue weighted by molar-refractivity contribution is -0.144. The fourth-order valence-corrected chi connectivity index (χ4v) is 4.27. The smallest absolute Gasteiger partial charge is 0.307 e. The van der Waals surface area contributed by atoms with Gasteiger partial charge in [0.05, 0.1) is 25.0 Å². The van der Waals surface area contributed by atoms with Gasteiger partial charge in [-0.1, -0.05) is 36.8 Å². The molecule has 0 fully saturated rings. The molecule has 0 aliphatic heterocycles. The number of carboxylic acid groups (broad SMARTS) is 1. The predicted molar refractivity (Wildman–Crippen MR) is 112 cm³/mol. The molecule has 6 heteroatoms. The predicted octanol–water partition coefficient (Wildman–Crippen LogP) is 3.56. The van der Waals surface area contributed by atoms with Crippen LogP contribution in [0.4, 0.5) is 0 Å². The van der Waals surface area contributed by atoms with E-state index in [1.54, 1.807) is 7.11 Å². The molecule has 1 aliphatic rings. The van der Waals surface area contributed by atoms with E-state index in [0.29, 0.717) is 32.1 Å². The lowest BCUT2D eigenvalue weighted by Crippen LogP contribution is -2.28. The van der Waals surface area contributed by atoms with E-state index in [9.17, 15) is 15.0 Å². The first kappa shape index (κ1) is 20.9. The van der Waals surface area contributed by atoms with Crippen molar-refractivity contribution < 1.29 is 19.7 Å². The second-order valence-electron chi connectivity index (χ2n) is 7.66. The Balaban J connectivity index is 1.82. The Morgan fingerprint density at radius 1 is 1.24 bits per heavy atom. The van der Waals surface area contributed by atoms with E-state index in [1.165, 1.54) is 0 Å². The zero-order chi connectivity index (χ0) is 21.0. The summed E-state index contributed by atoms with van der Waals surface area (Å²) < 4.78 is 5.30. The van der Waals surface area contributed by atoms with Gasteiger partial charge in [-0.05, 0) is 53.6 Å². The van der Waals surface area contributed by atoms with Crippen molar-refractivity contribution in [1.29, 1.82) is 5.41 Å². The van der Waals surface area contributed by atoms with Crippen LogP contribution in [0.3, 0.4) is 0 Å². The van der Waals surface area contributed by atoms with E-state index in [0.717, 1.165) is 28.0 Å². The lowest BCUT2D eigenvalue weighted by atomic mass is 9.82. The zero-order valence-corrected chi connectivity index (χ0v) is 16.6. The number of amidine groups is 1. The van der Waals surface area contributed by atoms with Crippen molar-refractivity contribution in [2.24, 2.45) is 11.7 Å². The number of carbonyl (C=O) groups is 1. The highest BCUT2D eigenvalue weighted by molar-refractivity contribution is 5.76. The number of aliphatic hydroxyl groups excluding tert-OH is 1. The third-order valence-electron chi connectivity index (χ3n) is 5.71. The Morgan fingerprint density at radius 2 is 2.00 bits per heavy atom. The van der Waals surface area contributed by atoms with Crippen molar-refractivity contribution >= 4 is 11.8 Å². The number of hydrogen-bond donors (Lipinski definition) is 4. The van der Waals surface area contributed by atoms with Crippen molar-refractivity contribution in [3.05, 3.63) is 53.6 Å². The first-order valence-electron chi connectivity index (χ1n) is 9.91. The summed E-state index contributed by atoms with van der Waals surface area (Å²) >= 11 is 0. The molecule has 0 heterocycles. The van der Waals surface area contributed by atoms with Gasteiger partial charge in [-0.2, -0.15) is 0 Å². The highest BCUT2D eigenvalue weighted by Crippen LogP contribution is 2.42. The summed E-state index contributed by atoms with van der Waals surface area (Å²) in [5, 5.41) is 27.8. The van der Waals surface area contributed by atoms with Crippen LogP contribution in [0.25, 0.3) is 11.1 Å². The minimum Gasteiger partial charge on any atom is -0.497 e. The first-order valence-corrected chi connectivity index (χ1v) is 9.91. The summed E-state index contributed by atoms with van der Waals surface area (Å²) in [5.74, 6) is -1.06. The van der Waals surface area contributed by atoms with Gasteiger partial charge >= 0.3 is 5.97 Å². The van der Waals surface area contributed by atoms with Crippen LogP contribution in [0.2, 0.25) is 0 Å². The second kappa shape index (κ2) is 9.09. The zero-order valence-electron chi connectivity index (χ0n) is 16.6. The van der Waals surface area contributed by atoms with E-state index in [2.05, 4.69) is 0 Å². The molecular formula is C23H28N2O4. The van der Waals surface area contributed by atoms with Gasteiger partial charge in [0.25, 0.3) is 0 Å². The van der Waals surface area contributed by atoms with E-state index in [4.69, 9.17) is 15.9 Å². The van der Waals surface area contributed by atoms with Crippen molar-refractivity contribution in [3.63, 3.8) is 0 Å². The molecule has 0 radical (unpaired) electrons. The maximum absolute atomic E-state index is 11.9. The van der Waals surface area contributed by atoms with Gasteiger partial charge in [-0.3, -0.25) is 10.2 Å². The van der Waals surface area contributed by atoms with E-state index >= 15 is 0 Å². The number of hydrogen-bond acceptors (Lipinski definition) is 4. The van der Waals surface area contributed by atoms with Crippen molar-refractivity contribution in [1.82, 2.24) is 0 Å². The molecule has 29 heavy (non-hydrogen) atoms. The van der Waals surface area contributed by atoms with Gasteiger partial charge < -0.3 is 20.7 Å². The Kier molecular flexibility index (Phi) is 6.54. The summed E-state index contributed by atoms with van der Waals surface area (Å²) in [6, 6.07) is 13.8. The number of benzene rings is 2. The average molecular weight is 396 g/mol. The number of aliphatic hydroxyl groups is 1. The minimum atomic E-state index is -0.887. The maximum atomic E-state index is 11.9. The Morgan fingerprint density at radius 3 is 2.69 bits per heavy atom. The molecule has 0 spiro atoms. The van der Waals surface area contributed by atoms with Crippen LogP contribution in [-0.2, 0) is 11.2 Å². The molecule has 0 saturated heterocycles. The minimum absolute atomic E-state index is 0.119. The van der Waals surface area contributed by atoms with Gasteiger partial charge in [0.2, 0.25) is 0 Å². The van der Waals surface area contributed by atoms with Gasteiger partial charge in [-0.25, -0.2) is 0 Å². The highest BCUT2D eigenvalue weighted by Gasteiger charge is 2.40. The standard InChI is InChI=1S/C23H28N2O4/c1-29-17-6-4-5-14(12-17)15-9-10-18-16(11-15)13-20(26)22(18)19(23(27)28)7-2-3-8-21(24)25/h4-6,9-12,19-20,22,26H,2-3,7-8,13H2,1H3,(H3,24,25)(H,27,28)/t19-,20+,22-/m1/s1. The summed E-state index contributed by atoms with van der Waals surface area (Å²) in [5.41, 5.74) is 9.33. The van der Waals surface area contributed by atoms with Crippen LogP contribution in [-0.4, -0.2) is 35.2 Å². The molecule has 5 N–H and O–H groups in total. The van der Waals surface area contributed by atoms with Crippen molar-refractivity contribution in [3.8, 4) is 16.9 Å². The van der Waals surface area contributed by atoms with Gasteiger partial charge in [0, 0.05) is 12.3 Å². The SMILES string of the molecule is COc1cccc(-c2ccc3c(c2)C[C@H](O)[C@H]3[C@@H](CCCCC(=N)N)C(=O)O)c1. The van der Waals surface area contributed by atoms with Crippen LogP contribution in [0.5, 0.6) is 5.75 Å². The molecule has 1 aliphatic carbocycles. The molecule has 3 atom stereocenters. The monoisotopic (exact) mass is 396 g/mol. The fourth-order valence-electron chi connectivity index (χ4n) is 4.27. The fraction of sp³-hybridized carbons (Fsp3) is 0.391. The second-order valence-corrected chi connectivity index (χ2v) is 7.66. The Labute approximate surface area is 170 Å². The summed E-state index contributed by atoms with van der Waals surface area (Å²) in [6.45, 7) is 0. The molecular weight excluding hydrogens is 368 g/mol. The maximum Gasteiger partial charge on any atom is 0.307 e. The highest BCUT2D eigenvalue weighted by atomic mass is 16.5. The lowest BCUT2D eigenvalue weighted by Gasteiger charge is -2.24. The number of rotatable bonds is 9. The Bertz CT molecular complexity index is 896. The van der Waals surface area contributed by atoms with Crippen molar-refractivity contribution in [2.75, 3.05) is 7.11 Å². The number of methoxy groups -OCH3 is 1. The molecule has 0 unspecified atom stereocenters. The van der Waals surface area contributed by atoms with Crippen LogP contribution >= 0.6 is 0 Å². The molecule has 0 bridgehead atoms. The Hall–Kier alpha value is -2.86. The quantitative estimate of drug-likeness (QED) is 0.294. The molecule has 0 amide bonds. The normalized spacial score (nSPS) is 18.8. The largest absolute Gasteiger partial charge is 0.497 e. The van der Waals surface area contributed by atoms with Crippen molar-refractivity contribution in [2.45, 2.75) is 44.1 Å².